The zero-order chi connectivity index (χ0) is 21.8. The van der Waals surface area contributed by atoms with Crippen LogP contribution in [-0.4, -0.2) is 36.6 Å². The summed E-state index contributed by atoms with van der Waals surface area (Å²) in [6.07, 6.45) is 4.75. The summed E-state index contributed by atoms with van der Waals surface area (Å²) in [5.41, 5.74) is 2.75. The van der Waals surface area contributed by atoms with Gasteiger partial charge in [0.25, 0.3) is 0 Å². The Labute approximate surface area is 182 Å². The van der Waals surface area contributed by atoms with Gasteiger partial charge in [-0.05, 0) is 61.1 Å². The van der Waals surface area contributed by atoms with Gasteiger partial charge in [0.1, 0.15) is 0 Å². The van der Waals surface area contributed by atoms with E-state index in [2.05, 4.69) is 10.6 Å². The SMILES string of the molecule is COc1ccc([C@H]2CNC(=O)N2Cc2ccc(NC(C)=O)cc2)cc1OC1CCCC1. The smallest absolute Gasteiger partial charge is 0.318 e. The van der Waals surface area contributed by atoms with Gasteiger partial charge in [-0.1, -0.05) is 18.2 Å². The summed E-state index contributed by atoms with van der Waals surface area (Å²) in [4.78, 5) is 25.6. The molecule has 0 bridgehead atoms. The monoisotopic (exact) mass is 423 g/mol. The summed E-state index contributed by atoms with van der Waals surface area (Å²) < 4.78 is 11.7. The quantitative estimate of drug-likeness (QED) is 0.698. The molecule has 2 aromatic rings. The first-order valence-electron chi connectivity index (χ1n) is 10.8. The van der Waals surface area contributed by atoms with E-state index < -0.39 is 0 Å². The lowest BCUT2D eigenvalue weighted by molar-refractivity contribution is -0.114. The third-order valence-electron chi connectivity index (χ3n) is 5.88. The van der Waals surface area contributed by atoms with Crippen molar-refractivity contribution in [1.29, 1.82) is 0 Å². The van der Waals surface area contributed by atoms with Crippen LogP contribution in [0.4, 0.5) is 10.5 Å². The molecule has 2 fully saturated rings. The van der Waals surface area contributed by atoms with Crippen LogP contribution in [0.2, 0.25) is 0 Å². The molecule has 1 saturated heterocycles. The number of benzene rings is 2. The minimum Gasteiger partial charge on any atom is -0.493 e. The van der Waals surface area contributed by atoms with Gasteiger partial charge in [0.05, 0.1) is 19.3 Å². The highest BCUT2D eigenvalue weighted by atomic mass is 16.5. The summed E-state index contributed by atoms with van der Waals surface area (Å²) in [6.45, 7) is 2.49. The molecular formula is C24H29N3O4. The average Bonchev–Trinajstić information content (AvgIpc) is 3.39. The molecule has 1 saturated carbocycles. The zero-order valence-corrected chi connectivity index (χ0v) is 18.0. The van der Waals surface area contributed by atoms with Crippen molar-refractivity contribution in [3.05, 3.63) is 53.6 Å². The predicted molar refractivity (Wildman–Crippen MR) is 118 cm³/mol. The third-order valence-corrected chi connectivity index (χ3v) is 5.88. The van der Waals surface area contributed by atoms with Crippen molar-refractivity contribution in [3.63, 3.8) is 0 Å². The van der Waals surface area contributed by atoms with Crippen LogP contribution in [0.1, 0.15) is 49.8 Å². The highest BCUT2D eigenvalue weighted by Gasteiger charge is 2.32. The van der Waals surface area contributed by atoms with E-state index in [1.165, 1.54) is 19.8 Å². The van der Waals surface area contributed by atoms with E-state index >= 15 is 0 Å². The lowest BCUT2D eigenvalue weighted by Gasteiger charge is -2.25. The fourth-order valence-electron chi connectivity index (χ4n) is 4.29. The number of urea groups is 1. The minimum absolute atomic E-state index is 0.0926. The number of hydrogen-bond donors (Lipinski definition) is 2. The van der Waals surface area contributed by atoms with Crippen molar-refractivity contribution in [3.8, 4) is 11.5 Å². The van der Waals surface area contributed by atoms with E-state index in [-0.39, 0.29) is 24.1 Å². The molecule has 2 aromatic carbocycles. The second kappa shape index (κ2) is 9.29. The normalized spacial score (nSPS) is 18.7. The lowest BCUT2D eigenvalue weighted by atomic mass is 10.0. The second-order valence-electron chi connectivity index (χ2n) is 8.14. The Hall–Kier alpha value is -3.22. The Kier molecular flexibility index (Phi) is 6.30. The lowest BCUT2D eigenvalue weighted by Crippen LogP contribution is -2.29. The van der Waals surface area contributed by atoms with Crippen LogP contribution in [-0.2, 0) is 11.3 Å². The van der Waals surface area contributed by atoms with Gasteiger partial charge >= 0.3 is 6.03 Å². The van der Waals surface area contributed by atoms with Crippen molar-refractivity contribution in [2.75, 3.05) is 19.0 Å². The average molecular weight is 424 g/mol. The molecule has 3 amide bonds. The van der Waals surface area contributed by atoms with Gasteiger partial charge in [-0.25, -0.2) is 4.79 Å². The Morgan fingerprint density at radius 3 is 2.55 bits per heavy atom. The minimum atomic E-state index is -0.109. The Bertz CT molecular complexity index is 938. The molecular weight excluding hydrogens is 394 g/mol. The van der Waals surface area contributed by atoms with Gasteiger partial charge < -0.3 is 25.0 Å². The van der Waals surface area contributed by atoms with Gasteiger partial charge in [-0.2, -0.15) is 0 Å². The number of ether oxygens (including phenoxy) is 2. The number of hydrogen-bond acceptors (Lipinski definition) is 4. The molecule has 1 heterocycles. The first-order chi connectivity index (χ1) is 15.0. The summed E-state index contributed by atoms with van der Waals surface area (Å²) in [5.74, 6) is 1.35. The van der Waals surface area contributed by atoms with Gasteiger partial charge in [-0.15, -0.1) is 0 Å². The summed E-state index contributed by atoms with van der Waals surface area (Å²) >= 11 is 0. The highest BCUT2D eigenvalue weighted by Crippen LogP contribution is 2.36. The summed E-state index contributed by atoms with van der Waals surface area (Å²) in [6, 6.07) is 13.3. The van der Waals surface area contributed by atoms with Crippen molar-refractivity contribution in [1.82, 2.24) is 10.2 Å². The zero-order valence-electron chi connectivity index (χ0n) is 18.0. The number of nitrogens with one attached hydrogen (secondary N) is 2. The van der Waals surface area contributed by atoms with Gasteiger partial charge in [-0.3, -0.25) is 4.79 Å². The molecule has 1 atom stereocenters. The standard InChI is InChI=1S/C24H29N3O4/c1-16(28)26-19-10-7-17(8-11-19)15-27-21(14-25-24(27)29)18-9-12-22(30-2)23(13-18)31-20-5-3-4-6-20/h7-13,20-21H,3-6,14-15H2,1-2H3,(H,25,29)(H,26,28)/t21-/m1/s1. The van der Waals surface area contributed by atoms with E-state index in [9.17, 15) is 9.59 Å². The number of methoxy groups -OCH3 is 1. The highest BCUT2D eigenvalue weighted by molar-refractivity contribution is 5.88. The maximum atomic E-state index is 12.6. The van der Waals surface area contributed by atoms with E-state index in [0.717, 1.165) is 35.4 Å². The number of carbonyl (C=O) groups excluding carboxylic acids is 2. The van der Waals surface area contributed by atoms with Crippen LogP contribution >= 0.6 is 0 Å². The van der Waals surface area contributed by atoms with Crippen molar-refractivity contribution < 1.29 is 19.1 Å². The Balaban J connectivity index is 1.52. The molecule has 2 N–H and O–H groups in total. The van der Waals surface area contributed by atoms with E-state index in [4.69, 9.17) is 9.47 Å². The summed E-state index contributed by atoms with van der Waals surface area (Å²) in [5, 5.41) is 5.71. The van der Waals surface area contributed by atoms with Crippen LogP contribution in [0.15, 0.2) is 42.5 Å². The largest absolute Gasteiger partial charge is 0.493 e. The molecule has 7 nitrogen and oxygen atoms in total. The second-order valence-corrected chi connectivity index (χ2v) is 8.14. The molecule has 0 radical (unpaired) electrons. The Morgan fingerprint density at radius 1 is 1.13 bits per heavy atom. The molecule has 0 aromatic heterocycles. The van der Waals surface area contributed by atoms with E-state index in [0.29, 0.717) is 18.8 Å². The molecule has 0 spiro atoms. The van der Waals surface area contributed by atoms with E-state index in [1.54, 1.807) is 7.11 Å². The van der Waals surface area contributed by atoms with Crippen LogP contribution in [0.3, 0.4) is 0 Å². The topological polar surface area (TPSA) is 79.9 Å². The van der Waals surface area contributed by atoms with Gasteiger partial charge in [0.2, 0.25) is 5.91 Å². The number of carbonyl (C=O) groups is 2. The fourth-order valence-corrected chi connectivity index (χ4v) is 4.29. The molecule has 7 heteroatoms. The molecule has 31 heavy (non-hydrogen) atoms. The Morgan fingerprint density at radius 2 is 1.87 bits per heavy atom. The molecule has 164 valence electrons. The maximum absolute atomic E-state index is 12.6. The van der Waals surface area contributed by atoms with Crippen molar-refractivity contribution in [2.24, 2.45) is 0 Å². The van der Waals surface area contributed by atoms with Crippen LogP contribution < -0.4 is 20.1 Å². The summed E-state index contributed by atoms with van der Waals surface area (Å²) in [7, 11) is 1.65. The van der Waals surface area contributed by atoms with Crippen LogP contribution in [0.25, 0.3) is 0 Å². The first kappa shape index (κ1) is 21.0. The number of nitrogens with zero attached hydrogens (tertiary/aromatic N) is 1. The number of rotatable bonds is 7. The van der Waals surface area contributed by atoms with E-state index in [1.807, 2.05) is 47.4 Å². The molecule has 1 aliphatic carbocycles. The molecule has 1 aliphatic heterocycles. The van der Waals surface area contributed by atoms with Gasteiger partial charge in [0.15, 0.2) is 11.5 Å². The maximum Gasteiger partial charge on any atom is 0.318 e. The van der Waals surface area contributed by atoms with Crippen LogP contribution in [0.5, 0.6) is 11.5 Å². The number of amides is 3. The number of anilines is 1. The van der Waals surface area contributed by atoms with Crippen LogP contribution in [0, 0.1) is 0 Å². The predicted octanol–water partition coefficient (Wildman–Crippen LogP) is 4.24. The van der Waals surface area contributed by atoms with Crippen molar-refractivity contribution >= 4 is 17.6 Å². The molecule has 2 aliphatic rings. The fraction of sp³-hybridized carbons (Fsp3) is 0.417. The first-order valence-corrected chi connectivity index (χ1v) is 10.8. The molecule has 4 rings (SSSR count). The molecule has 0 unspecified atom stereocenters. The van der Waals surface area contributed by atoms with Crippen molar-refractivity contribution in [2.45, 2.75) is 51.3 Å². The van der Waals surface area contributed by atoms with Gasteiger partial charge in [0, 0.05) is 25.7 Å². The third kappa shape index (κ3) is 4.93.